The number of hydrazone groups is 1. The number of nitrogens with one attached hydrogen (secondary N) is 1. The summed E-state index contributed by atoms with van der Waals surface area (Å²) in [5, 5.41) is 10.3. The molecule has 4 rings (SSSR count). The molecule has 0 spiro atoms. The molecule has 0 amide bonds. The molecule has 0 radical (unpaired) electrons. The molecule has 0 unspecified atom stereocenters. The molecule has 1 saturated heterocycles. The molecule has 0 aliphatic carbocycles. The van der Waals surface area contributed by atoms with E-state index in [2.05, 4.69) is 29.5 Å². The van der Waals surface area contributed by atoms with Crippen molar-refractivity contribution in [1.29, 1.82) is 0 Å². The van der Waals surface area contributed by atoms with E-state index in [9.17, 15) is 0 Å². The Balaban J connectivity index is 1.66. The molecule has 1 fully saturated rings. The molecule has 2 aromatic rings. The number of hydrogen-bond donors (Lipinski definition) is 1. The van der Waals surface area contributed by atoms with Gasteiger partial charge in [0.2, 0.25) is 0 Å². The fourth-order valence-corrected chi connectivity index (χ4v) is 5.22. The topological polar surface area (TPSA) is 40.1 Å². The van der Waals surface area contributed by atoms with Crippen molar-refractivity contribution < 1.29 is 4.74 Å². The Hall–Kier alpha value is -1.86. The minimum Gasteiger partial charge on any atom is -0.497 e. The van der Waals surface area contributed by atoms with Crippen LogP contribution in [0.15, 0.2) is 47.6 Å². The molecule has 5 nitrogen and oxygen atoms in total. The van der Waals surface area contributed by atoms with Crippen molar-refractivity contribution in [3.8, 4) is 5.75 Å². The summed E-state index contributed by atoms with van der Waals surface area (Å²) < 4.78 is 5.34. The van der Waals surface area contributed by atoms with Crippen LogP contribution in [-0.4, -0.2) is 35.9 Å². The number of hydrazine groups is 1. The van der Waals surface area contributed by atoms with Crippen LogP contribution in [0.1, 0.15) is 44.2 Å². The number of nitrogens with zero attached hydrogens (tertiary/aromatic N) is 3. The van der Waals surface area contributed by atoms with Gasteiger partial charge in [0, 0.05) is 24.0 Å². The highest BCUT2D eigenvalue weighted by molar-refractivity contribution is 7.82. The molecule has 32 heavy (non-hydrogen) atoms. The summed E-state index contributed by atoms with van der Waals surface area (Å²) in [5.74, 6) is 0.872. The highest BCUT2D eigenvalue weighted by atomic mass is 35.5. The third-order valence-electron chi connectivity index (χ3n) is 6.10. The highest BCUT2D eigenvalue weighted by Crippen LogP contribution is 2.42. The fraction of sp³-hybridized carbons (Fsp3) is 0.417. The Labute approximate surface area is 205 Å². The van der Waals surface area contributed by atoms with Crippen molar-refractivity contribution >= 4 is 51.8 Å². The summed E-state index contributed by atoms with van der Waals surface area (Å²) in [4.78, 5) is 0.672. The average Bonchev–Trinajstić information content (AvgIpc) is 2.94. The highest BCUT2D eigenvalue weighted by Gasteiger charge is 2.39. The Morgan fingerprint density at radius 2 is 1.75 bits per heavy atom. The van der Waals surface area contributed by atoms with Gasteiger partial charge >= 0.3 is 0 Å². The molecule has 2 heterocycles. The van der Waals surface area contributed by atoms with E-state index in [1.54, 1.807) is 13.2 Å². The van der Waals surface area contributed by atoms with Gasteiger partial charge in [-0.05, 0) is 48.7 Å². The molecule has 0 aromatic heterocycles. The monoisotopic (exact) mass is 490 g/mol. The third-order valence-corrected chi connectivity index (χ3v) is 6.93. The summed E-state index contributed by atoms with van der Waals surface area (Å²) in [6.45, 7) is 4.15. The largest absolute Gasteiger partial charge is 0.497 e. The van der Waals surface area contributed by atoms with Crippen molar-refractivity contribution in [1.82, 2.24) is 10.4 Å². The van der Waals surface area contributed by atoms with Crippen molar-refractivity contribution in [2.45, 2.75) is 38.6 Å². The first-order chi connectivity index (χ1) is 15.5. The van der Waals surface area contributed by atoms with Crippen LogP contribution in [0.2, 0.25) is 10.0 Å². The van der Waals surface area contributed by atoms with Gasteiger partial charge in [-0.3, -0.25) is 5.01 Å². The number of benzene rings is 2. The molecule has 2 aromatic carbocycles. The van der Waals surface area contributed by atoms with Crippen LogP contribution in [0.25, 0.3) is 0 Å². The molecule has 2 atom stereocenters. The van der Waals surface area contributed by atoms with E-state index in [1.165, 1.54) is 25.7 Å². The smallest absolute Gasteiger partial charge is 0.137 e. The molecule has 170 valence electrons. The Morgan fingerprint density at radius 3 is 2.38 bits per heavy atom. The lowest BCUT2D eigenvalue weighted by Gasteiger charge is -2.28. The number of methoxy groups -OCH3 is 1. The molecule has 8 heteroatoms. The number of anilines is 1. The summed E-state index contributed by atoms with van der Waals surface area (Å²) in [5.41, 5.74) is 6.22. The van der Waals surface area contributed by atoms with E-state index < -0.39 is 0 Å². The number of hydrogen-bond acceptors (Lipinski definition) is 5. The van der Waals surface area contributed by atoms with Gasteiger partial charge in [0.15, 0.2) is 0 Å². The van der Waals surface area contributed by atoms with E-state index in [-0.39, 0.29) is 12.0 Å². The number of rotatable bonds is 5. The zero-order chi connectivity index (χ0) is 22.7. The Kier molecular flexibility index (Phi) is 7.56. The van der Waals surface area contributed by atoms with Gasteiger partial charge in [-0.1, -0.05) is 67.3 Å². The van der Waals surface area contributed by atoms with E-state index in [4.69, 9.17) is 45.3 Å². The van der Waals surface area contributed by atoms with Gasteiger partial charge in [0.05, 0.1) is 23.9 Å². The van der Waals surface area contributed by atoms with Crippen molar-refractivity contribution in [2.24, 2.45) is 11.0 Å². The van der Waals surface area contributed by atoms with Crippen LogP contribution in [0, 0.1) is 5.92 Å². The van der Waals surface area contributed by atoms with Crippen molar-refractivity contribution in [3.05, 3.63) is 58.1 Å². The molecular weight excluding hydrogens is 463 g/mol. The lowest BCUT2D eigenvalue weighted by molar-refractivity contribution is 0.248. The van der Waals surface area contributed by atoms with Crippen LogP contribution in [0.4, 0.5) is 5.69 Å². The second-order valence-electron chi connectivity index (χ2n) is 8.27. The zero-order valence-corrected chi connectivity index (χ0v) is 20.7. The molecular formula is C24H28Cl2N4OS. The van der Waals surface area contributed by atoms with Crippen LogP contribution in [0.5, 0.6) is 5.75 Å². The van der Waals surface area contributed by atoms with Crippen LogP contribution < -0.4 is 15.2 Å². The van der Waals surface area contributed by atoms with Gasteiger partial charge in [-0.15, -0.1) is 0 Å². The van der Waals surface area contributed by atoms with Gasteiger partial charge < -0.3 is 10.2 Å². The van der Waals surface area contributed by atoms with E-state index >= 15 is 0 Å². The molecule has 1 N–H and O–H groups in total. The molecule has 2 aliphatic rings. The normalized spacial score (nSPS) is 21.8. The Bertz CT molecular complexity index is 990. The van der Waals surface area contributed by atoms with E-state index in [1.807, 2.05) is 29.3 Å². The third kappa shape index (κ3) is 5.04. The maximum atomic E-state index is 6.59. The number of halogens is 2. The summed E-state index contributed by atoms with van der Waals surface area (Å²) >= 11 is 18.6. The van der Waals surface area contributed by atoms with Gasteiger partial charge in [-0.25, -0.2) is 5.01 Å². The number of thiocarbonyl (C=S) groups is 1. The maximum Gasteiger partial charge on any atom is 0.137 e. The molecule has 0 saturated carbocycles. The molecule has 2 aliphatic heterocycles. The van der Waals surface area contributed by atoms with Crippen molar-refractivity contribution in [2.75, 3.05) is 25.2 Å². The second kappa shape index (κ2) is 10.4. The summed E-state index contributed by atoms with van der Waals surface area (Å²) in [6, 6.07) is 13.5. The first kappa shape index (κ1) is 23.3. The van der Waals surface area contributed by atoms with Gasteiger partial charge in [0.25, 0.3) is 0 Å². The first-order valence-corrected chi connectivity index (χ1v) is 12.2. The quantitative estimate of drug-likeness (QED) is 0.500. The standard InChI is InChI=1S/C24H28Cl2N4OS/c1-16-22(24(32)28-29-13-5-3-4-6-14-29)27-30(21-12-9-18(25)15-20(21)26)23(16)17-7-10-19(31-2)11-8-17/h7-12,15-16,23H,3-6,13-14H2,1-2H3,(H,28,32)/t16-,23+/m0/s1. The predicted molar refractivity (Wildman–Crippen MR) is 137 cm³/mol. The number of ether oxygens (including phenoxy) is 1. The SMILES string of the molecule is COc1ccc([C@H]2[C@@H](C)C(C(=S)NN3CCCCCC3)=NN2c2ccc(Cl)cc2Cl)cc1. The average molecular weight is 491 g/mol. The van der Waals surface area contributed by atoms with Crippen LogP contribution in [-0.2, 0) is 0 Å². The van der Waals surface area contributed by atoms with Crippen LogP contribution >= 0.6 is 35.4 Å². The summed E-state index contributed by atoms with van der Waals surface area (Å²) in [7, 11) is 1.67. The fourth-order valence-electron chi connectivity index (χ4n) is 4.37. The van der Waals surface area contributed by atoms with E-state index in [0.29, 0.717) is 15.0 Å². The lowest BCUT2D eigenvalue weighted by atomic mass is 9.91. The van der Waals surface area contributed by atoms with Crippen molar-refractivity contribution in [3.63, 3.8) is 0 Å². The Morgan fingerprint density at radius 1 is 1.06 bits per heavy atom. The molecule has 0 bridgehead atoms. The second-order valence-corrected chi connectivity index (χ2v) is 9.53. The van der Waals surface area contributed by atoms with E-state index in [0.717, 1.165) is 35.8 Å². The van der Waals surface area contributed by atoms with Crippen LogP contribution in [0.3, 0.4) is 0 Å². The van der Waals surface area contributed by atoms with Gasteiger partial charge in [-0.2, -0.15) is 5.10 Å². The van der Waals surface area contributed by atoms with Gasteiger partial charge in [0.1, 0.15) is 16.4 Å². The first-order valence-electron chi connectivity index (χ1n) is 11.0. The summed E-state index contributed by atoms with van der Waals surface area (Å²) in [6.07, 6.45) is 4.90. The maximum absolute atomic E-state index is 6.59. The zero-order valence-electron chi connectivity index (χ0n) is 18.4. The minimum atomic E-state index is -0.0570. The minimum absolute atomic E-state index is 0.0570. The lowest BCUT2D eigenvalue weighted by Crippen LogP contribution is -2.45. The predicted octanol–water partition coefficient (Wildman–Crippen LogP) is 6.26.